The lowest BCUT2D eigenvalue weighted by Crippen LogP contribution is -2.64. The molecule has 0 aliphatic carbocycles. The molecule has 33 nitrogen and oxygen atoms in total. The van der Waals surface area contributed by atoms with Crippen LogP contribution in [0.4, 0.5) is 0 Å². The molecule has 5 aromatic rings. The van der Waals surface area contributed by atoms with Gasteiger partial charge in [-0.3, -0.25) is 33.6 Å². The number of amides is 7. The van der Waals surface area contributed by atoms with Crippen LogP contribution in [-0.4, -0.2) is 191 Å². The zero-order chi connectivity index (χ0) is 73.5. The number of halogens is 3. The van der Waals surface area contributed by atoms with E-state index in [1.807, 2.05) is 13.8 Å². The lowest BCUT2D eigenvalue weighted by molar-refractivity contribution is -0.333. The summed E-state index contributed by atoms with van der Waals surface area (Å²) in [5.74, 6) is -16.0. The first-order valence-corrected chi connectivity index (χ1v) is 32.4. The zero-order valence-electron chi connectivity index (χ0n) is 54.7. The number of hydrogen-bond acceptors (Lipinski definition) is 25. The number of benzene rings is 5. The Morgan fingerprint density at radius 2 is 1.31 bits per heavy atom. The third kappa shape index (κ3) is 16.3. The summed E-state index contributed by atoms with van der Waals surface area (Å²) >= 11 is 14.1. The zero-order valence-corrected chi connectivity index (χ0v) is 57.1. The molecule has 18 atom stereocenters. The average molecular weight is 1490 g/mol. The van der Waals surface area contributed by atoms with Crippen molar-refractivity contribution in [3.63, 3.8) is 0 Å². The van der Waals surface area contributed by atoms with Crippen molar-refractivity contribution in [2.75, 3.05) is 13.7 Å². The van der Waals surface area contributed by atoms with Gasteiger partial charge in [0, 0.05) is 34.7 Å². The second-order valence-electron chi connectivity index (χ2n) is 25.7. The van der Waals surface area contributed by atoms with Crippen molar-refractivity contribution in [2.45, 2.75) is 156 Å². The normalized spacial score (nSPS) is 29.1. The largest absolute Gasteiger partial charge is 0.508 e. The number of primary amides is 1. The Labute approximate surface area is 596 Å². The van der Waals surface area contributed by atoms with Gasteiger partial charge < -0.3 is 128 Å². The van der Waals surface area contributed by atoms with E-state index < -0.39 is 237 Å². The summed E-state index contributed by atoms with van der Waals surface area (Å²) in [5.41, 5.74) is 8.00. The predicted octanol–water partition coefficient (Wildman–Crippen LogP) is 0.528. The second kappa shape index (κ2) is 31.4. The number of carboxylic acids is 1. The first-order valence-electron chi connectivity index (χ1n) is 31.6. The van der Waals surface area contributed by atoms with Gasteiger partial charge in [0.2, 0.25) is 53.4 Å². The maximum atomic E-state index is 16.0. The van der Waals surface area contributed by atoms with Crippen LogP contribution in [0.2, 0.25) is 10.0 Å². The molecule has 36 heteroatoms. The number of aromatic hydroxyl groups is 3. The van der Waals surface area contributed by atoms with Crippen LogP contribution >= 0.6 is 35.6 Å². The molecule has 2 fully saturated rings. The highest BCUT2D eigenvalue weighted by Crippen LogP contribution is 2.50. The number of phenols is 3. The van der Waals surface area contributed by atoms with Crippen molar-refractivity contribution in [3.05, 3.63) is 117 Å². The molecule has 0 saturated carbocycles. The quantitative estimate of drug-likeness (QED) is 0.0764. The molecule has 11 bridgehead atoms. The number of carboxylic acid groups (broad SMARTS) is 1. The van der Waals surface area contributed by atoms with Crippen molar-refractivity contribution < 1.29 is 118 Å². The van der Waals surface area contributed by atoms with Gasteiger partial charge in [0.1, 0.15) is 89.5 Å². The van der Waals surface area contributed by atoms with Crippen molar-refractivity contribution >= 4 is 82.9 Å². The third-order valence-electron chi connectivity index (χ3n) is 17.8. The Morgan fingerprint density at radius 1 is 0.716 bits per heavy atom. The Morgan fingerprint density at radius 3 is 1.89 bits per heavy atom. The molecule has 7 heterocycles. The highest BCUT2D eigenvalue weighted by Gasteiger charge is 2.51. The summed E-state index contributed by atoms with van der Waals surface area (Å²) in [4.78, 5) is 117. The number of carbonyl (C=O) groups is 8. The van der Waals surface area contributed by atoms with Crippen LogP contribution in [-0.2, 0) is 52.6 Å². The van der Waals surface area contributed by atoms with Crippen LogP contribution in [0.25, 0.3) is 11.1 Å². The van der Waals surface area contributed by atoms with E-state index in [1.165, 1.54) is 33.0 Å². The molecular formula is C66H76Cl3N9O24. The van der Waals surface area contributed by atoms with Gasteiger partial charge in [-0.2, -0.15) is 0 Å². The van der Waals surface area contributed by atoms with Crippen LogP contribution < -0.4 is 62.9 Å². The molecule has 0 aromatic heterocycles. The van der Waals surface area contributed by atoms with E-state index >= 15 is 14.4 Å². The SMILES string of the molecule is CN[C@H](CC(C)C)C(=O)N[C@H]1C(=O)N[C@@H](CC(N)=O)C(=O)N[C@H]2C(=O)N[C@H]3C(=O)N[C@@H](C(=O)N[C@H](C(=O)O)c4cc(O)cc(O)c4-c4cc3ccc4O)[C@H](O)c3ccc(c(Cl)c3)Oc3cc2cc(c3O[C@@H]2O[C@H](CO)[C@@H](O)[C@H](O)C2OC2C[C@](C)(N)[C@H](O)[C@H](C)O2)Oc2ccc(cc2Cl)[C@H]1O.Cl. The van der Waals surface area contributed by atoms with E-state index in [2.05, 4.69) is 37.2 Å². The van der Waals surface area contributed by atoms with Gasteiger partial charge in [-0.05, 0) is 110 Å². The fraction of sp³-hybridized carbons (Fsp3) is 0.424. The summed E-state index contributed by atoms with van der Waals surface area (Å²) in [6.07, 6.45) is -18.6. The molecule has 7 aliphatic rings. The fourth-order valence-corrected chi connectivity index (χ4v) is 12.9. The molecule has 0 spiro atoms. The van der Waals surface area contributed by atoms with Gasteiger partial charge in [-0.1, -0.05) is 55.2 Å². The van der Waals surface area contributed by atoms with Gasteiger partial charge >= 0.3 is 5.97 Å². The topological polar surface area (TPSA) is 530 Å². The van der Waals surface area contributed by atoms with Crippen LogP contribution in [0, 0.1) is 5.92 Å². The van der Waals surface area contributed by atoms with E-state index in [1.54, 1.807) is 0 Å². The maximum Gasteiger partial charge on any atom is 0.330 e. The first kappa shape index (κ1) is 77.3. The first-order chi connectivity index (χ1) is 47.7. The molecule has 0 radical (unpaired) electrons. The number of aliphatic hydroxyl groups excluding tert-OH is 6. The van der Waals surface area contributed by atoms with Crippen molar-refractivity contribution in [1.82, 2.24) is 37.2 Å². The number of rotatable bonds is 13. The number of aliphatic hydroxyl groups is 6. The summed E-state index contributed by atoms with van der Waals surface area (Å²) in [6, 6.07) is -0.679. The van der Waals surface area contributed by atoms with E-state index in [0.717, 1.165) is 66.7 Å². The predicted molar refractivity (Wildman–Crippen MR) is 357 cm³/mol. The molecular weight excluding hydrogens is 1410 g/mol. The maximum absolute atomic E-state index is 16.0. The molecule has 102 heavy (non-hydrogen) atoms. The van der Waals surface area contributed by atoms with Gasteiger partial charge in [-0.25, -0.2) is 4.79 Å². The Bertz CT molecular complexity index is 4080. The number of fused-ring (bicyclic) bond motifs is 15. The Balaban J connectivity index is 0.0000121. The molecule has 2 unspecified atom stereocenters. The highest BCUT2D eigenvalue weighted by molar-refractivity contribution is 6.32. The number of phenolic OH excluding ortho intramolecular Hbond substituents is 3. The summed E-state index contributed by atoms with van der Waals surface area (Å²) in [5, 5.41) is 131. The molecule has 12 rings (SSSR count). The van der Waals surface area contributed by atoms with E-state index in [4.69, 9.17) is 63.1 Å². The molecule has 550 valence electrons. The lowest BCUT2D eigenvalue weighted by atomic mass is 9.86. The Kier molecular flexibility index (Phi) is 23.8. The minimum absolute atomic E-state index is 0. The summed E-state index contributed by atoms with van der Waals surface area (Å²) in [7, 11) is 1.47. The second-order valence-corrected chi connectivity index (χ2v) is 26.5. The number of nitrogens with one attached hydrogen (secondary N) is 7. The van der Waals surface area contributed by atoms with Crippen LogP contribution in [0.3, 0.4) is 0 Å². The van der Waals surface area contributed by atoms with Crippen molar-refractivity contribution in [1.29, 1.82) is 0 Å². The standard InChI is InChI=1S/C66H75Cl2N9O24.ClH/c1-23(2)12-34(71-5)58(88)76-49-51(83)26-7-10-38(32(67)14-26)97-40-16-28-17-41(55(40)101-65-56(54(86)53(85)42(22-78)99-65)100-44-21-66(4,70)57(87)24(3)96-44)98-39-11-8-27(15-33(39)68)52(84)50-63(93)75-48(64(94)95)31-18-29(79)19-37(81)45(31)30-13-25(6-9-36(30)80)46(60(90)77-50)74-61(91)47(28)73-59(89)35(20-43(69)82)72-62(49)92;/h6-11,13-19,23-24,34-35,42,44,46-54,56-57,65,71,78-81,83-87H,12,20-22,70H2,1-5H3,(H2,69,82)(H,72,92)(H,73,89)(H,74,91)(H,75,93)(H,76,88)(H,77,90)(H,94,95);1H/t24-,34+,35-,42+,44?,46+,47+,48-,49+,50+,51+,52+,53+,54-,56?,57+,65-,66-;/m0./s1. The number of ether oxygens (including phenoxy) is 6. The highest BCUT2D eigenvalue weighted by atomic mass is 35.5. The third-order valence-corrected chi connectivity index (χ3v) is 18.4. The summed E-state index contributed by atoms with van der Waals surface area (Å²) in [6.45, 7) is 5.66. The lowest BCUT2D eigenvalue weighted by Gasteiger charge is -2.47. The number of likely N-dealkylation sites (N-methyl/N-ethyl adjacent to an activating group) is 1. The van der Waals surface area contributed by atoms with Crippen LogP contribution in [0.1, 0.15) is 105 Å². The number of carbonyl (C=O) groups excluding carboxylic acids is 7. The molecule has 7 amide bonds. The molecule has 2 saturated heterocycles. The molecule has 21 N–H and O–H groups in total. The molecule has 7 aliphatic heterocycles. The van der Waals surface area contributed by atoms with E-state index in [-0.39, 0.29) is 58.6 Å². The van der Waals surface area contributed by atoms with E-state index in [0.29, 0.717) is 0 Å². The minimum atomic E-state index is -2.35. The molecule has 5 aromatic carbocycles. The van der Waals surface area contributed by atoms with Crippen LogP contribution in [0.15, 0.2) is 78.9 Å². The number of hydrogen-bond donors (Lipinski definition) is 19. The smallest absolute Gasteiger partial charge is 0.330 e. The van der Waals surface area contributed by atoms with Crippen molar-refractivity contribution in [3.8, 4) is 57.1 Å². The monoisotopic (exact) mass is 1480 g/mol. The van der Waals surface area contributed by atoms with E-state index in [9.17, 15) is 75.0 Å². The van der Waals surface area contributed by atoms with Crippen molar-refractivity contribution in [2.24, 2.45) is 17.4 Å². The Hall–Kier alpha value is -8.91. The van der Waals surface area contributed by atoms with Gasteiger partial charge in [-0.15, -0.1) is 12.4 Å². The minimum Gasteiger partial charge on any atom is -0.508 e. The average Bonchev–Trinajstić information content (AvgIpc) is 0.773. The fourth-order valence-electron chi connectivity index (χ4n) is 12.5. The van der Waals surface area contributed by atoms with Crippen LogP contribution in [0.5, 0.6) is 46.0 Å². The van der Waals surface area contributed by atoms with Gasteiger partial charge in [0.15, 0.2) is 29.9 Å². The number of aliphatic carboxylic acids is 1. The van der Waals surface area contributed by atoms with Gasteiger partial charge in [0.25, 0.3) is 0 Å². The van der Waals surface area contributed by atoms with Gasteiger partial charge in [0.05, 0.1) is 41.3 Å². The summed E-state index contributed by atoms with van der Waals surface area (Å²) < 4.78 is 38.3. The number of nitrogens with two attached hydrogens (primary N) is 2.